The third-order valence-corrected chi connectivity index (χ3v) is 4.66. The molecule has 1 atom stereocenters. The molecule has 0 aliphatic carbocycles. The van der Waals surface area contributed by atoms with Gasteiger partial charge in [0.1, 0.15) is 17.7 Å². The third-order valence-electron chi connectivity index (χ3n) is 4.66. The van der Waals surface area contributed by atoms with E-state index < -0.39 is 11.9 Å². The van der Waals surface area contributed by atoms with Crippen LogP contribution in [-0.4, -0.2) is 27.5 Å². The summed E-state index contributed by atoms with van der Waals surface area (Å²) in [5.74, 6) is -0.882. The van der Waals surface area contributed by atoms with Gasteiger partial charge in [0.15, 0.2) is 0 Å². The summed E-state index contributed by atoms with van der Waals surface area (Å²) in [4.78, 5) is 36.2. The van der Waals surface area contributed by atoms with Gasteiger partial charge in [-0.3, -0.25) is 14.4 Å². The summed E-state index contributed by atoms with van der Waals surface area (Å²) in [5.41, 5.74) is 2.40. The van der Waals surface area contributed by atoms with Crippen molar-refractivity contribution < 1.29 is 18.8 Å². The van der Waals surface area contributed by atoms with Crippen molar-refractivity contribution in [3.63, 3.8) is 0 Å². The first-order valence-electron chi connectivity index (χ1n) is 9.22. The summed E-state index contributed by atoms with van der Waals surface area (Å²) in [6.07, 6.45) is 1.48. The minimum atomic E-state index is -0.835. The summed E-state index contributed by atoms with van der Waals surface area (Å²) in [6, 6.07) is 11.6. The average molecular weight is 407 g/mol. The molecule has 0 radical (unpaired) electrons. The van der Waals surface area contributed by atoms with E-state index in [2.05, 4.69) is 21.0 Å². The van der Waals surface area contributed by atoms with E-state index in [1.165, 1.54) is 29.9 Å². The van der Waals surface area contributed by atoms with E-state index in [-0.39, 0.29) is 24.1 Å². The van der Waals surface area contributed by atoms with Gasteiger partial charge in [-0.1, -0.05) is 12.1 Å². The lowest BCUT2D eigenvalue weighted by molar-refractivity contribution is -0.125. The molecule has 152 valence electrons. The van der Waals surface area contributed by atoms with E-state index in [0.717, 1.165) is 0 Å². The summed E-state index contributed by atoms with van der Waals surface area (Å²) >= 11 is 0. The number of nitrogens with one attached hydrogen (secondary N) is 3. The molecule has 2 heterocycles. The number of hydrogen-bond acceptors (Lipinski definition) is 4. The second-order valence-corrected chi connectivity index (χ2v) is 6.87. The maximum absolute atomic E-state index is 13.2. The van der Waals surface area contributed by atoms with Crippen molar-refractivity contribution in [1.82, 2.24) is 9.78 Å². The highest BCUT2D eigenvalue weighted by Gasteiger charge is 2.33. The van der Waals surface area contributed by atoms with Crippen molar-refractivity contribution in [3.05, 3.63) is 60.5 Å². The first-order valence-corrected chi connectivity index (χ1v) is 9.22. The fourth-order valence-electron chi connectivity index (χ4n) is 3.28. The number of amides is 3. The van der Waals surface area contributed by atoms with Crippen LogP contribution in [0.2, 0.25) is 0 Å². The van der Waals surface area contributed by atoms with Crippen molar-refractivity contribution in [2.75, 3.05) is 16.0 Å². The van der Waals surface area contributed by atoms with Crippen LogP contribution in [0.25, 0.3) is 11.1 Å². The van der Waals surface area contributed by atoms with Gasteiger partial charge < -0.3 is 16.0 Å². The lowest BCUT2D eigenvalue weighted by atomic mass is 10.1. The number of benzene rings is 2. The van der Waals surface area contributed by atoms with Gasteiger partial charge >= 0.3 is 0 Å². The molecule has 1 aliphatic rings. The fraction of sp³-hybridized carbons (Fsp3) is 0.143. The molecule has 1 aromatic heterocycles. The van der Waals surface area contributed by atoms with Crippen LogP contribution in [0.5, 0.6) is 0 Å². The van der Waals surface area contributed by atoms with E-state index in [0.29, 0.717) is 28.3 Å². The molecule has 4 rings (SSSR count). The molecule has 3 N–H and O–H groups in total. The minimum absolute atomic E-state index is 0.0622. The molecule has 3 amide bonds. The number of anilines is 3. The molecular formula is C21H18FN5O3. The SMILES string of the molecule is CC(=O)Nc1ccc(NC(=O)[C@@H]2CC(=O)Nc3c(-c4ccc(F)cc4)cnn32)cc1. The molecule has 0 bridgehead atoms. The molecule has 0 unspecified atom stereocenters. The topological polar surface area (TPSA) is 105 Å². The fourth-order valence-corrected chi connectivity index (χ4v) is 3.28. The Morgan fingerprint density at radius 1 is 1.07 bits per heavy atom. The summed E-state index contributed by atoms with van der Waals surface area (Å²) < 4.78 is 14.7. The highest BCUT2D eigenvalue weighted by atomic mass is 19.1. The van der Waals surface area contributed by atoms with Crippen LogP contribution < -0.4 is 16.0 Å². The van der Waals surface area contributed by atoms with Crippen LogP contribution in [0.4, 0.5) is 21.6 Å². The first-order chi connectivity index (χ1) is 14.4. The van der Waals surface area contributed by atoms with E-state index in [1.54, 1.807) is 36.4 Å². The lowest BCUT2D eigenvalue weighted by Crippen LogP contribution is -2.35. The molecule has 0 saturated carbocycles. The second kappa shape index (κ2) is 7.78. The zero-order chi connectivity index (χ0) is 21.3. The number of carbonyl (C=O) groups excluding carboxylic acids is 3. The van der Waals surface area contributed by atoms with Crippen LogP contribution >= 0.6 is 0 Å². The Balaban J connectivity index is 1.57. The Hall–Kier alpha value is -4.01. The highest BCUT2D eigenvalue weighted by Crippen LogP contribution is 2.34. The molecule has 3 aromatic rings. The smallest absolute Gasteiger partial charge is 0.249 e. The summed E-state index contributed by atoms with van der Waals surface area (Å²) in [6.45, 7) is 1.41. The molecule has 30 heavy (non-hydrogen) atoms. The Labute approximate surface area is 171 Å². The highest BCUT2D eigenvalue weighted by molar-refractivity contribution is 6.03. The average Bonchev–Trinajstić information content (AvgIpc) is 3.12. The predicted molar refractivity (Wildman–Crippen MR) is 109 cm³/mol. The number of rotatable bonds is 4. The van der Waals surface area contributed by atoms with Crippen molar-refractivity contribution in [2.45, 2.75) is 19.4 Å². The molecule has 0 fully saturated rings. The second-order valence-electron chi connectivity index (χ2n) is 6.87. The van der Waals surface area contributed by atoms with E-state index in [9.17, 15) is 18.8 Å². The van der Waals surface area contributed by atoms with Gasteiger partial charge in [-0.2, -0.15) is 5.10 Å². The summed E-state index contributed by atoms with van der Waals surface area (Å²) in [5, 5.41) is 12.4. The number of hydrogen-bond donors (Lipinski definition) is 3. The largest absolute Gasteiger partial charge is 0.326 e. The molecule has 8 nitrogen and oxygen atoms in total. The number of fused-ring (bicyclic) bond motifs is 1. The summed E-state index contributed by atoms with van der Waals surface area (Å²) in [7, 11) is 0. The van der Waals surface area contributed by atoms with E-state index in [4.69, 9.17) is 0 Å². The van der Waals surface area contributed by atoms with Gasteiger partial charge in [-0.05, 0) is 42.0 Å². The molecule has 9 heteroatoms. The Kier molecular flexibility index (Phi) is 5.01. The molecule has 0 spiro atoms. The molecular weight excluding hydrogens is 389 g/mol. The quantitative estimate of drug-likeness (QED) is 0.618. The standard InChI is InChI=1S/C21H18FN5O3/c1-12(28)24-15-6-8-16(9-7-15)25-21(30)18-10-19(29)26-20-17(11-23-27(18)20)13-2-4-14(22)5-3-13/h2-9,11,18H,10H2,1H3,(H,24,28)(H,25,30)(H,26,29)/t18-/m0/s1. The van der Waals surface area contributed by atoms with Crippen LogP contribution in [0.1, 0.15) is 19.4 Å². The van der Waals surface area contributed by atoms with Gasteiger partial charge in [-0.25, -0.2) is 9.07 Å². The minimum Gasteiger partial charge on any atom is -0.326 e. The van der Waals surface area contributed by atoms with Gasteiger partial charge in [0.05, 0.1) is 12.6 Å². The van der Waals surface area contributed by atoms with Gasteiger partial charge in [0.2, 0.25) is 17.7 Å². The Morgan fingerprint density at radius 2 is 1.70 bits per heavy atom. The van der Waals surface area contributed by atoms with Crippen LogP contribution in [0.3, 0.4) is 0 Å². The maximum atomic E-state index is 13.2. The van der Waals surface area contributed by atoms with Crippen LogP contribution in [0, 0.1) is 5.82 Å². The normalized spacial score (nSPS) is 15.1. The first kappa shape index (κ1) is 19.3. The lowest BCUT2D eigenvalue weighted by Gasteiger charge is -2.24. The van der Waals surface area contributed by atoms with Crippen LogP contribution in [0.15, 0.2) is 54.7 Å². The Bertz CT molecular complexity index is 1120. The zero-order valence-electron chi connectivity index (χ0n) is 16.0. The van der Waals surface area contributed by atoms with Crippen molar-refractivity contribution >= 4 is 34.9 Å². The van der Waals surface area contributed by atoms with Crippen LogP contribution in [-0.2, 0) is 14.4 Å². The van der Waals surface area contributed by atoms with Gasteiger partial charge in [0, 0.05) is 23.9 Å². The number of halogens is 1. The number of nitrogens with zero attached hydrogens (tertiary/aromatic N) is 2. The zero-order valence-corrected chi connectivity index (χ0v) is 16.0. The van der Waals surface area contributed by atoms with Crippen molar-refractivity contribution in [1.29, 1.82) is 0 Å². The number of aromatic nitrogens is 2. The number of carbonyl (C=O) groups is 3. The molecule has 0 saturated heterocycles. The van der Waals surface area contributed by atoms with Gasteiger partial charge in [0.25, 0.3) is 0 Å². The maximum Gasteiger partial charge on any atom is 0.249 e. The molecule has 2 aromatic carbocycles. The monoisotopic (exact) mass is 407 g/mol. The molecule has 1 aliphatic heterocycles. The Morgan fingerprint density at radius 3 is 2.33 bits per heavy atom. The van der Waals surface area contributed by atoms with Gasteiger partial charge in [-0.15, -0.1) is 0 Å². The van der Waals surface area contributed by atoms with E-state index in [1.807, 2.05) is 0 Å². The van der Waals surface area contributed by atoms with Crippen molar-refractivity contribution in [3.8, 4) is 11.1 Å². The third kappa shape index (κ3) is 3.90. The van der Waals surface area contributed by atoms with E-state index >= 15 is 0 Å². The predicted octanol–water partition coefficient (Wildman–Crippen LogP) is 3.17. The van der Waals surface area contributed by atoms with Crippen molar-refractivity contribution in [2.24, 2.45) is 0 Å².